The molecule has 2 aromatic rings. The van der Waals surface area contributed by atoms with Crippen LogP contribution in [0.5, 0.6) is 0 Å². The van der Waals surface area contributed by atoms with Crippen LogP contribution < -0.4 is 5.32 Å². The smallest absolute Gasteiger partial charge is 0.307 e. The number of hydrogen-bond acceptors (Lipinski definition) is 4. The second-order valence-corrected chi connectivity index (χ2v) is 6.20. The van der Waals surface area contributed by atoms with Crippen molar-refractivity contribution in [2.24, 2.45) is 0 Å². The van der Waals surface area contributed by atoms with Gasteiger partial charge >= 0.3 is 5.97 Å². The van der Waals surface area contributed by atoms with E-state index in [2.05, 4.69) is 5.32 Å². The molecule has 0 heterocycles. The molecular weight excluding hydrogens is 354 g/mol. The number of amides is 1. The first-order valence-electron chi connectivity index (χ1n) is 8.25. The molecule has 0 bridgehead atoms. The van der Waals surface area contributed by atoms with Crippen molar-refractivity contribution >= 4 is 29.3 Å². The van der Waals surface area contributed by atoms with Crippen molar-refractivity contribution in [2.45, 2.75) is 32.4 Å². The summed E-state index contributed by atoms with van der Waals surface area (Å²) in [5, 5.41) is 3.24. The van der Waals surface area contributed by atoms with E-state index in [4.69, 9.17) is 16.3 Å². The maximum absolute atomic E-state index is 12.0. The molecule has 0 aliphatic carbocycles. The van der Waals surface area contributed by atoms with E-state index in [0.717, 1.165) is 5.56 Å². The van der Waals surface area contributed by atoms with Crippen molar-refractivity contribution in [3.05, 3.63) is 70.7 Å². The first-order valence-corrected chi connectivity index (χ1v) is 8.63. The number of rotatable bonds is 8. The molecule has 1 amide bonds. The molecule has 0 unspecified atom stereocenters. The molecule has 0 aliphatic heterocycles. The van der Waals surface area contributed by atoms with Gasteiger partial charge in [0.15, 0.2) is 11.9 Å². The van der Waals surface area contributed by atoms with Crippen molar-refractivity contribution in [1.82, 2.24) is 5.32 Å². The Kier molecular flexibility index (Phi) is 7.36. The summed E-state index contributed by atoms with van der Waals surface area (Å²) in [4.78, 5) is 35.8. The second kappa shape index (κ2) is 9.73. The Balaban J connectivity index is 1.73. The minimum atomic E-state index is -0.920. The highest BCUT2D eigenvalue weighted by molar-refractivity contribution is 6.30. The molecule has 6 heteroatoms. The topological polar surface area (TPSA) is 72.5 Å². The third-order valence-electron chi connectivity index (χ3n) is 3.71. The van der Waals surface area contributed by atoms with Gasteiger partial charge < -0.3 is 10.1 Å². The van der Waals surface area contributed by atoms with Gasteiger partial charge in [-0.3, -0.25) is 14.4 Å². The SMILES string of the molecule is C[C@H](OC(=O)CCC(=O)c1ccc(Cl)cc1)C(=O)NCc1ccccc1. The number of carbonyl (C=O) groups is 3. The van der Waals surface area contributed by atoms with E-state index in [1.807, 2.05) is 30.3 Å². The molecule has 5 nitrogen and oxygen atoms in total. The Labute approximate surface area is 157 Å². The van der Waals surface area contributed by atoms with Crippen LogP contribution in [0, 0.1) is 0 Å². The predicted octanol–water partition coefficient (Wildman–Crippen LogP) is 3.55. The first kappa shape index (κ1) is 19.7. The third kappa shape index (κ3) is 6.33. The van der Waals surface area contributed by atoms with E-state index in [9.17, 15) is 14.4 Å². The average molecular weight is 374 g/mol. The third-order valence-corrected chi connectivity index (χ3v) is 3.96. The van der Waals surface area contributed by atoms with Crippen molar-refractivity contribution in [3.8, 4) is 0 Å². The van der Waals surface area contributed by atoms with Gasteiger partial charge in [0, 0.05) is 23.6 Å². The Morgan fingerprint density at radius 2 is 1.65 bits per heavy atom. The van der Waals surface area contributed by atoms with Crippen LogP contribution >= 0.6 is 11.6 Å². The van der Waals surface area contributed by atoms with Crippen LogP contribution in [0.1, 0.15) is 35.7 Å². The normalized spacial score (nSPS) is 11.5. The first-order chi connectivity index (χ1) is 12.5. The summed E-state index contributed by atoms with van der Waals surface area (Å²) in [6, 6.07) is 15.9. The molecule has 1 atom stereocenters. The zero-order valence-electron chi connectivity index (χ0n) is 14.4. The fourth-order valence-electron chi connectivity index (χ4n) is 2.23. The molecule has 26 heavy (non-hydrogen) atoms. The van der Waals surface area contributed by atoms with Crippen molar-refractivity contribution in [1.29, 1.82) is 0 Å². The van der Waals surface area contributed by atoms with Gasteiger partial charge in [0.05, 0.1) is 6.42 Å². The number of benzene rings is 2. The summed E-state index contributed by atoms with van der Waals surface area (Å²) in [6.45, 7) is 1.86. The minimum absolute atomic E-state index is 0.0127. The molecule has 0 aromatic heterocycles. The number of carbonyl (C=O) groups excluding carboxylic acids is 3. The number of ketones is 1. The second-order valence-electron chi connectivity index (χ2n) is 5.77. The molecule has 0 radical (unpaired) electrons. The van der Waals surface area contributed by atoms with Gasteiger partial charge in [0.25, 0.3) is 5.91 Å². The van der Waals surface area contributed by atoms with Crippen LogP contribution in [0.3, 0.4) is 0 Å². The summed E-state index contributed by atoms with van der Waals surface area (Å²) in [6.07, 6.45) is -0.992. The molecule has 2 aromatic carbocycles. The quantitative estimate of drug-likeness (QED) is 0.567. The van der Waals surface area contributed by atoms with Crippen molar-refractivity contribution in [2.75, 3.05) is 0 Å². The molecule has 0 aliphatic rings. The largest absolute Gasteiger partial charge is 0.453 e. The monoisotopic (exact) mass is 373 g/mol. The zero-order chi connectivity index (χ0) is 18.9. The number of hydrogen-bond donors (Lipinski definition) is 1. The van der Waals surface area contributed by atoms with Crippen LogP contribution in [0.4, 0.5) is 0 Å². The molecule has 2 rings (SSSR count). The van der Waals surface area contributed by atoms with Crippen LogP contribution in [0.15, 0.2) is 54.6 Å². The van der Waals surface area contributed by atoms with E-state index in [-0.39, 0.29) is 24.5 Å². The number of halogens is 1. The standard InChI is InChI=1S/C20H20ClNO4/c1-14(20(25)22-13-15-5-3-2-4-6-15)26-19(24)12-11-18(23)16-7-9-17(21)10-8-16/h2-10,14H,11-13H2,1H3,(H,22,25)/t14-/m0/s1. The fraction of sp³-hybridized carbons (Fsp3) is 0.250. The lowest BCUT2D eigenvalue weighted by Crippen LogP contribution is -2.35. The summed E-state index contributed by atoms with van der Waals surface area (Å²) >= 11 is 5.77. The van der Waals surface area contributed by atoms with E-state index in [1.165, 1.54) is 6.92 Å². The highest BCUT2D eigenvalue weighted by Gasteiger charge is 2.18. The Bertz CT molecular complexity index is 759. The number of esters is 1. The van der Waals surface area contributed by atoms with E-state index in [0.29, 0.717) is 17.1 Å². The maximum atomic E-state index is 12.0. The van der Waals surface area contributed by atoms with Gasteiger partial charge in [0.1, 0.15) is 0 Å². The van der Waals surface area contributed by atoms with Crippen LogP contribution in [-0.4, -0.2) is 23.8 Å². The lowest BCUT2D eigenvalue weighted by Gasteiger charge is -2.13. The van der Waals surface area contributed by atoms with Crippen LogP contribution in [0.2, 0.25) is 5.02 Å². The average Bonchev–Trinajstić information content (AvgIpc) is 2.65. The van der Waals surface area contributed by atoms with Gasteiger partial charge in [0.2, 0.25) is 0 Å². The van der Waals surface area contributed by atoms with E-state index >= 15 is 0 Å². The van der Waals surface area contributed by atoms with Crippen molar-refractivity contribution < 1.29 is 19.1 Å². The number of Topliss-reactive ketones (excluding diaryl/α,β-unsaturated/α-hetero) is 1. The van der Waals surface area contributed by atoms with E-state index in [1.54, 1.807) is 24.3 Å². The predicted molar refractivity (Wildman–Crippen MR) is 98.9 cm³/mol. The summed E-state index contributed by atoms with van der Waals surface area (Å²) in [5.41, 5.74) is 1.43. The number of nitrogens with one attached hydrogen (secondary N) is 1. The molecule has 136 valence electrons. The molecule has 1 N–H and O–H groups in total. The van der Waals surface area contributed by atoms with Gasteiger partial charge in [-0.05, 0) is 36.8 Å². The highest BCUT2D eigenvalue weighted by Crippen LogP contribution is 2.12. The molecule has 0 saturated heterocycles. The number of ether oxygens (including phenoxy) is 1. The minimum Gasteiger partial charge on any atom is -0.453 e. The van der Waals surface area contributed by atoms with Gasteiger partial charge in [-0.2, -0.15) is 0 Å². The lowest BCUT2D eigenvalue weighted by molar-refractivity contribution is -0.154. The highest BCUT2D eigenvalue weighted by atomic mass is 35.5. The van der Waals surface area contributed by atoms with Gasteiger partial charge in [-0.15, -0.1) is 0 Å². The zero-order valence-corrected chi connectivity index (χ0v) is 15.2. The van der Waals surface area contributed by atoms with Crippen molar-refractivity contribution in [3.63, 3.8) is 0 Å². The Hall–Kier alpha value is -2.66. The summed E-state index contributed by atoms with van der Waals surface area (Å²) < 4.78 is 5.08. The molecule has 0 spiro atoms. The fourth-order valence-corrected chi connectivity index (χ4v) is 2.36. The molecule has 0 fully saturated rings. The van der Waals surface area contributed by atoms with E-state index < -0.39 is 12.1 Å². The molecular formula is C20H20ClNO4. The molecule has 0 saturated carbocycles. The Morgan fingerprint density at radius 3 is 2.31 bits per heavy atom. The lowest BCUT2D eigenvalue weighted by atomic mass is 10.1. The summed E-state index contributed by atoms with van der Waals surface area (Å²) in [5.74, 6) is -1.15. The van der Waals surface area contributed by atoms with Gasteiger partial charge in [-0.25, -0.2) is 0 Å². The van der Waals surface area contributed by atoms with Crippen LogP contribution in [-0.2, 0) is 20.9 Å². The summed E-state index contributed by atoms with van der Waals surface area (Å²) in [7, 11) is 0. The maximum Gasteiger partial charge on any atom is 0.307 e. The van der Waals surface area contributed by atoms with Crippen LogP contribution in [0.25, 0.3) is 0 Å². The Morgan fingerprint density at radius 1 is 1.00 bits per heavy atom. The van der Waals surface area contributed by atoms with Gasteiger partial charge in [-0.1, -0.05) is 41.9 Å².